The van der Waals surface area contributed by atoms with Crippen molar-refractivity contribution in [2.45, 2.75) is 6.54 Å². The molecule has 0 aliphatic rings. The van der Waals surface area contributed by atoms with Gasteiger partial charge in [0.25, 0.3) is 5.91 Å². The fraction of sp³-hybridized carbons (Fsp3) is 0.300. The van der Waals surface area contributed by atoms with Gasteiger partial charge < -0.3 is 20.4 Å². The summed E-state index contributed by atoms with van der Waals surface area (Å²) >= 11 is 6.17. The number of halogens is 1. The van der Waals surface area contributed by atoms with Gasteiger partial charge in [-0.25, -0.2) is 4.79 Å². The quantitative estimate of drug-likeness (QED) is 0.764. The van der Waals surface area contributed by atoms with Crippen LogP contribution >= 0.6 is 11.6 Å². The SMILES string of the molecule is CNC(=O)c1ccc(NC(=O)N(CCN(C)C)Cc2ccccc2)cc1Cl. The van der Waals surface area contributed by atoms with Crippen LogP contribution in [0.3, 0.4) is 0 Å². The fourth-order valence-electron chi connectivity index (χ4n) is 2.49. The van der Waals surface area contributed by atoms with Gasteiger partial charge in [-0.3, -0.25) is 4.79 Å². The van der Waals surface area contributed by atoms with Crippen LogP contribution in [0, 0.1) is 0 Å². The predicted octanol–water partition coefficient (Wildman–Crippen LogP) is 3.30. The number of hydrogen-bond donors (Lipinski definition) is 2. The van der Waals surface area contributed by atoms with E-state index < -0.39 is 0 Å². The second kappa shape index (κ2) is 9.94. The van der Waals surface area contributed by atoms with Crippen LogP contribution in [0.25, 0.3) is 0 Å². The molecule has 0 heterocycles. The molecule has 7 heteroatoms. The topological polar surface area (TPSA) is 64.7 Å². The first-order chi connectivity index (χ1) is 12.9. The number of carbonyl (C=O) groups is 2. The molecule has 0 atom stereocenters. The van der Waals surface area contributed by atoms with Crippen molar-refractivity contribution in [2.24, 2.45) is 0 Å². The molecule has 144 valence electrons. The van der Waals surface area contributed by atoms with E-state index in [1.807, 2.05) is 49.3 Å². The number of hydrogen-bond acceptors (Lipinski definition) is 3. The average Bonchev–Trinajstić information content (AvgIpc) is 2.65. The van der Waals surface area contributed by atoms with E-state index in [9.17, 15) is 9.59 Å². The molecule has 0 spiro atoms. The Hall–Kier alpha value is -2.57. The second-order valence-electron chi connectivity index (χ2n) is 6.41. The van der Waals surface area contributed by atoms with Crippen molar-refractivity contribution in [1.82, 2.24) is 15.1 Å². The van der Waals surface area contributed by atoms with E-state index in [0.717, 1.165) is 12.1 Å². The van der Waals surface area contributed by atoms with Crippen molar-refractivity contribution in [3.05, 3.63) is 64.7 Å². The van der Waals surface area contributed by atoms with Crippen LogP contribution in [0.1, 0.15) is 15.9 Å². The van der Waals surface area contributed by atoms with Crippen LogP contribution < -0.4 is 10.6 Å². The maximum absolute atomic E-state index is 12.8. The predicted molar refractivity (Wildman–Crippen MR) is 109 cm³/mol. The lowest BCUT2D eigenvalue weighted by molar-refractivity contribution is 0.0963. The Bertz CT molecular complexity index is 781. The summed E-state index contributed by atoms with van der Waals surface area (Å²) in [6, 6.07) is 14.5. The summed E-state index contributed by atoms with van der Waals surface area (Å²) in [5, 5.41) is 5.68. The number of urea groups is 1. The third-order valence-electron chi connectivity index (χ3n) is 4.01. The minimum atomic E-state index is -0.269. The zero-order valence-electron chi connectivity index (χ0n) is 15.8. The lowest BCUT2D eigenvalue weighted by atomic mass is 10.2. The molecule has 0 aromatic heterocycles. The molecule has 6 nitrogen and oxygen atoms in total. The third kappa shape index (κ3) is 6.27. The molecule has 0 saturated heterocycles. The maximum atomic E-state index is 12.8. The second-order valence-corrected chi connectivity index (χ2v) is 6.82. The summed E-state index contributed by atoms with van der Waals surface area (Å²) in [5.41, 5.74) is 1.96. The average molecular weight is 389 g/mol. The standard InChI is InChI=1S/C20H25ClN4O2/c1-22-19(26)17-10-9-16(13-18(17)21)23-20(27)25(12-11-24(2)3)14-15-7-5-4-6-8-15/h4-10,13H,11-12,14H2,1-3H3,(H,22,26)(H,23,27). The van der Waals surface area contributed by atoms with Gasteiger partial charge in [-0.1, -0.05) is 41.9 Å². The van der Waals surface area contributed by atoms with Gasteiger partial charge in [0.05, 0.1) is 10.6 Å². The van der Waals surface area contributed by atoms with E-state index in [-0.39, 0.29) is 17.0 Å². The summed E-state index contributed by atoms with van der Waals surface area (Å²) in [6.45, 7) is 1.83. The van der Waals surface area contributed by atoms with E-state index >= 15 is 0 Å². The largest absolute Gasteiger partial charge is 0.355 e. The minimum Gasteiger partial charge on any atom is -0.355 e. The van der Waals surface area contributed by atoms with Crippen molar-refractivity contribution in [3.63, 3.8) is 0 Å². The lowest BCUT2D eigenvalue weighted by Crippen LogP contribution is -2.39. The normalized spacial score (nSPS) is 10.6. The molecular weight excluding hydrogens is 364 g/mol. The maximum Gasteiger partial charge on any atom is 0.322 e. The third-order valence-corrected chi connectivity index (χ3v) is 4.33. The molecular formula is C20H25ClN4O2. The smallest absolute Gasteiger partial charge is 0.322 e. The van der Waals surface area contributed by atoms with Gasteiger partial charge in [0.1, 0.15) is 0 Å². The molecule has 0 bridgehead atoms. The number of benzene rings is 2. The molecule has 27 heavy (non-hydrogen) atoms. The molecule has 0 unspecified atom stereocenters. The number of rotatable bonds is 7. The van der Waals surface area contributed by atoms with Gasteiger partial charge in [-0.15, -0.1) is 0 Å². The van der Waals surface area contributed by atoms with E-state index in [1.54, 1.807) is 30.1 Å². The summed E-state index contributed by atoms with van der Waals surface area (Å²) in [7, 11) is 5.48. The zero-order chi connectivity index (χ0) is 19.8. The highest BCUT2D eigenvalue weighted by atomic mass is 35.5. The van der Waals surface area contributed by atoms with Gasteiger partial charge in [0, 0.05) is 32.4 Å². The van der Waals surface area contributed by atoms with Gasteiger partial charge in [-0.2, -0.15) is 0 Å². The Morgan fingerprint density at radius 1 is 1.04 bits per heavy atom. The number of nitrogens with one attached hydrogen (secondary N) is 2. The highest BCUT2D eigenvalue weighted by Gasteiger charge is 2.16. The summed E-state index contributed by atoms with van der Waals surface area (Å²) in [4.78, 5) is 28.3. The molecule has 0 aliphatic carbocycles. The molecule has 0 radical (unpaired) electrons. The van der Waals surface area contributed by atoms with Gasteiger partial charge in [0.2, 0.25) is 0 Å². The molecule has 0 aliphatic heterocycles. The fourth-order valence-corrected chi connectivity index (χ4v) is 2.76. The van der Waals surface area contributed by atoms with Gasteiger partial charge >= 0.3 is 6.03 Å². The molecule has 0 saturated carbocycles. The highest BCUT2D eigenvalue weighted by Crippen LogP contribution is 2.21. The number of nitrogens with zero attached hydrogens (tertiary/aromatic N) is 2. The Morgan fingerprint density at radius 3 is 2.33 bits per heavy atom. The first kappa shape index (κ1) is 20.7. The van der Waals surface area contributed by atoms with Crippen LogP contribution in [0.4, 0.5) is 10.5 Å². The number of anilines is 1. The Balaban J connectivity index is 2.12. The minimum absolute atomic E-state index is 0.218. The van der Waals surface area contributed by atoms with Gasteiger partial charge in [0.15, 0.2) is 0 Å². The van der Waals surface area contributed by atoms with E-state index in [0.29, 0.717) is 24.3 Å². The number of amides is 3. The van der Waals surface area contributed by atoms with Crippen LogP contribution in [0.15, 0.2) is 48.5 Å². The molecule has 3 amide bonds. The first-order valence-electron chi connectivity index (χ1n) is 8.67. The van der Waals surface area contributed by atoms with E-state index in [2.05, 4.69) is 10.6 Å². The molecule has 2 N–H and O–H groups in total. The van der Waals surface area contributed by atoms with E-state index in [1.165, 1.54) is 0 Å². The van der Waals surface area contributed by atoms with Crippen LogP contribution in [-0.4, -0.2) is 56.0 Å². The Labute approximate surface area is 165 Å². The zero-order valence-corrected chi connectivity index (χ0v) is 16.6. The molecule has 2 aromatic carbocycles. The van der Waals surface area contributed by atoms with Gasteiger partial charge in [-0.05, 0) is 37.9 Å². The summed E-state index contributed by atoms with van der Waals surface area (Å²) in [6.07, 6.45) is 0. The molecule has 2 aromatic rings. The van der Waals surface area contributed by atoms with Crippen molar-refractivity contribution >= 4 is 29.2 Å². The van der Waals surface area contributed by atoms with Crippen LogP contribution in [0.5, 0.6) is 0 Å². The highest BCUT2D eigenvalue weighted by molar-refractivity contribution is 6.34. The number of likely N-dealkylation sites (N-methyl/N-ethyl adjacent to an activating group) is 1. The van der Waals surface area contributed by atoms with Crippen molar-refractivity contribution in [3.8, 4) is 0 Å². The monoisotopic (exact) mass is 388 g/mol. The summed E-state index contributed by atoms with van der Waals surface area (Å²) < 4.78 is 0. The Morgan fingerprint density at radius 2 is 1.74 bits per heavy atom. The van der Waals surface area contributed by atoms with Crippen molar-refractivity contribution in [1.29, 1.82) is 0 Å². The van der Waals surface area contributed by atoms with Crippen molar-refractivity contribution < 1.29 is 9.59 Å². The van der Waals surface area contributed by atoms with Crippen LogP contribution in [0.2, 0.25) is 5.02 Å². The number of carbonyl (C=O) groups excluding carboxylic acids is 2. The molecule has 0 fully saturated rings. The first-order valence-corrected chi connectivity index (χ1v) is 9.04. The lowest BCUT2D eigenvalue weighted by Gasteiger charge is -2.25. The summed E-state index contributed by atoms with van der Waals surface area (Å²) in [5.74, 6) is -0.269. The van der Waals surface area contributed by atoms with E-state index in [4.69, 9.17) is 11.6 Å². The van der Waals surface area contributed by atoms with Crippen LogP contribution in [-0.2, 0) is 6.54 Å². The van der Waals surface area contributed by atoms with Crippen molar-refractivity contribution in [2.75, 3.05) is 39.5 Å². The molecule has 2 rings (SSSR count). The Kier molecular flexibility index (Phi) is 7.64.